The summed E-state index contributed by atoms with van der Waals surface area (Å²) >= 11 is 0. The number of phosphoric ester groups is 2. The molecule has 0 aromatic rings. The molecule has 0 radical (unpaired) electrons. The van der Waals surface area contributed by atoms with Gasteiger partial charge in [0.15, 0.2) is 11.6 Å². The Morgan fingerprint density at radius 1 is 0.900 bits per heavy atom. The minimum Gasteiger partial charge on any atom is -0.391 e. The van der Waals surface area contributed by atoms with Gasteiger partial charge in [0.2, 0.25) is 0 Å². The van der Waals surface area contributed by atoms with E-state index >= 15 is 0 Å². The highest BCUT2D eigenvalue weighted by molar-refractivity contribution is 7.46. The first-order chi connectivity index (χ1) is 13.4. The molecule has 0 unspecified atom stereocenters. The van der Waals surface area contributed by atoms with Crippen LogP contribution in [0.15, 0.2) is 0 Å². The van der Waals surface area contributed by atoms with Gasteiger partial charge in [-0.1, -0.05) is 0 Å². The lowest BCUT2D eigenvalue weighted by Crippen LogP contribution is -2.42. The number of carbonyl (C=O) groups excluding carboxylic acids is 3. The predicted octanol–water partition coefficient (Wildman–Crippen LogP) is -4.01. The van der Waals surface area contributed by atoms with Crippen LogP contribution >= 0.6 is 15.6 Å². The van der Waals surface area contributed by atoms with E-state index in [0.29, 0.717) is 6.29 Å². The molecule has 0 saturated carbocycles. The lowest BCUT2D eigenvalue weighted by atomic mass is 10.1. The first kappa shape index (κ1) is 33.7. The molecule has 0 rings (SSSR count). The zero-order valence-electron chi connectivity index (χ0n) is 15.8. The standard InChI is InChI=1S/C6H13O8P.C3H7O6P.C3H6O2/c1-3(7)5(9)6(10)4(8)2-14-15(11,12)13;4-1-3(5)2-9-10(6,7)8;1-3(5)2-4/h3,5-7,9-10H,2H2,1H3,(H2,11,12,13);4H,1-2H2,(H2,6,7,8);2-3,5H,1H3/t3-,5+,6-;;3-/m0.0/s1. The van der Waals surface area contributed by atoms with Crippen molar-refractivity contribution in [2.75, 3.05) is 19.8 Å². The molecule has 0 aliphatic heterocycles. The largest absolute Gasteiger partial charge is 0.470 e. The van der Waals surface area contributed by atoms with Crippen LogP contribution in [0.4, 0.5) is 0 Å². The maximum atomic E-state index is 10.9. The molecule has 0 aromatic heterocycles. The molecule has 180 valence electrons. The van der Waals surface area contributed by atoms with Gasteiger partial charge in [0.05, 0.1) is 6.10 Å². The molecule has 0 aromatic carbocycles. The van der Waals surface area contributed by atoms with Gasteiger partial charge in [0, 0.05) is 0 Å². The summed E-state index contributed by atoms with van der Waals surface area (Å²) < 4.78 is 27.6. The molecule has 18 heteroatoms. The first-order valence-corrected chi connectivity index (χ1v) is 10.7. The second-order valence-electron chi connectivity index (χ2n) is 5.24. The Bertz CT molecular complexity index is 593. The summed E-state index contributed by atoms with van der Waals surface area (Å²) in [6.07, 6.45) is -5.34. The van der Waals surface area contributed by atoms with Gasteiger partial charge in [-0.05, 0) is 13.8 Å². The van der Waals surface area contributed by atoms with Crippen molar-refractivity contribution in [3.63, 3.8) is 0 Å². The van der Waals surface area contributed by atoms with Crippen molar-refractivity contribution in [2.24, 2.45) is 0 Å². The van der Waals surface area contributed by atoms with Gasteiger partial charge >= 0.3 is 15.6 Å². The molecule has 4 atom stereocenters. The number of hydrogen-bond donors (Lipinski definition) is 9. The highest BCUT2D eigenvalue weighted by atomic mass is 31.2. The number of carbonyl (C=O) groups is 3. The number of ketones is 2. The number of hydrogen-bond acceptors (Lipinski definition) is 12. The van der Waals surface area contributed by atoms with Crippen molar-refractivity contribution in [3.05, 3.63) is 0 Å². The highest BCUT2D eigenvalue weighted by Gasteiger charge is 2.29. The SMILES string of the molecule is C[C@H](O)C=O.C[C@H](O)[C@@H](O)[C@@H](O)C(=O)COP(=O)(O)O.O=C(CO)COP(=O)(O)O. The number of aldehydes is 1. The zero-order valence-corrected chi connectivity index (χ0v) is 17.6. The number of Topliss-reactive ketones (excluding diaryl/α,β-unsaturated/α-hetero) is 2. The van der Waals surface area contributed by atoms with Crippen molar-refractivity contribution >= 4 is 33.5 Å². The van der Waals surface area contributed by atoms with Gasteiger partial charge in [-0.3, -0.25) is 18.6 Å². The normalized spacial score (nSPS) is 15.3. The van der Waals surface area contributed by atoms with Gasteiger partial charge in [-0.15, -0.1) is 0 Å². The van der Waals surface area contributed by atoms with E-state index in [2.05, 4.69) is 9.05 Å². The minimum atomic E-state index is -4.79. The Hall–Kier alpha value is -0.970. The Labute approximate surface area is 170 Å². The predicted molar refractivity (Wildman–Crippen MR) is 94.5 cm³/mol. The lowest BCUT2D eigenvalue weighted by Gasteiger charge is -2.18. The fourth-order valence-corrected chi connectivity index (χ4v) is 1.50. The second-order valence-corrected chi connectivity index (χ2v) is 7.72. The third-order valence-electron chi connectivity index (χ3n) is 2.29. The Balaban J connectivity index is -0.000000417. The van der Waals surface area contributed by atoms with Gasteiger partial charge < -0.3 is 49.9 Å². The molecular weight excluding hydrogens is 462 g/mol. The van der Waals surface area contributed by atoms with Crippen LogP contribution in [0.2, 0.25) is 0 Å². The van der Waals surface area contributed by atoms with E-state index in [1.807, 2.05) is 0 Å². The molecule has 0 aliphatic carbocycles. The molecule has 30 heavy (non-hydrogen) atoms. The maximum absolute atomic E-state index is 10.9. The average Bonchev–Trinajstić information content (AvgIpc) is 2.62. The van der Waals surface area contributed by atoms with E-state index in [1.54, 1.807) is 0 Å². The Kier molecular flexibility index (Phi) is 18.7. The van der Waals surface area contributed by atoms with Crippen LogP contribution < -0.4 is 0 Å². The smallest absolute Gasteiger partial charge is 0.391 e. The van der Waals surface area contributed by atoms with Crippen LogP contribution in [0.1, 0.15) is 13.8 Å². The summed E-state index contributed by atoms with van der Waals surface area (Å²) in [5, 5.41) is 42.9. The third kappa shape index (κ3) is 25.1. The number of aliphatic hydroxyl groups excluding tert-OH is 5. The van der Waals surface area contributed by atoms with Gasteiger partial charge in [0.1, 0.15) is 44.4 Å². The number of rotatable bonds is 11. The molecule has 0 amide bonds. The Morgan fingerprint density at radius 3 is 1.53 bits per heavy atom. The van der Waals surface area contributed by atoms with Crippen LogP contribution in [0, 0.1) is 0 Å². The molecular formula is C12H26O16P2. The monoisotopic (exact) mass is 488 g/mol. The van der Waals surface area contributed by atoms with Crippen LogP contribution in [0.3, 0.4) is 0 Å². The number of phosphoric acid groups is 2. The fraction of sp³-hybridized carbons (Fsp3) is 0.750. The van der Waals surface area contributed by atoms with E-state index in [1.165, 1.54) is 6.92 Å². The van der Waals surface area contributed by atoms with Crippen LogP contribution in [-0.4, -0.2) is 107 Å². The quantitative estimate of drug-likeness (QED) is 0.0988. The van der Waals surface area contributed by atoms with Crippen molar-refractivity contribution < 1.29 is 77.7 Å². The lowest BCUT2D eigenvalue weighted by molar-refractivity contribution is -0.140. The van der Waals surface area contributed by atoms with Crippen LogP contribution in [-0.2, 0) is 32.6 Å². The molecule has 0 fully saturated rings. The fourth-order valence-electron chi connectivity index (χ4n) is 0.889. The molecule has 0 bridgehead atoms. The summed E-state index contributed by atoms with van der Waals surface area (Å²) in [5.41, 5.74) is 0. The Morgan fingerprint density at radius 2 is 1.27 bits per heavy atom. The van der Waals surface area contributed by atoms with Gasteiger partial charge in [-0.25, -0.2) is 9.13 Å². The van der Waals surface area contributed by atoms with E-state index < -0.39 is 71.4 Å². The van der Waals surface area contributed by atoms with Crippen molar-refractivity contribution in [1.82, 2.24) is 0 Å². The molecule has 16 nitrogen and oxygen atoms in total. The first-order valence-electron chi connectivity index (χ1n) is 7.60. The van der Waals surface area contributed by atoms with Crippen LogP contribution in [0.25, 0.3) is 0 Å². The number of aliphatic hydroxyl groups is 5. The summed E-state index contributed by atoms with van der Waals surface area (Å²) in [6.45, 7) is -0.0337. The third-order valence-corrected chi connectivity index (χ3v) is 3.22. The average molecular weight is 488 g/mol. The van der Waals surface area contributed by atoms with E-state index in [4.69, 9.17) is 45.1 Å². The van der Waals surface area contributed by atoms with Crippen molar-refractivity contribution in [1.29, 1.82) is 0 Å². The van der Waals surface area contributed by atoms with E-state index in [0.717, 1.165) is 6.92 Å². The molecule has 0 saturated heterocycles. The second kappa shape index (κ2) is 16.7. The summed E-state index contributed by atoms with van der Waals surface area (Å²) in [6, 6.07) is 0. The highest BCUT2D eigenvalue weighted by Crippen LogP contribution is 2.35. The summed E-state index contributed by atoms with van der Waals surface area (Å²) in [7, 11) is -9.35. The molecule has 0 aliphatic rings. The minimum absolute atomic E-state index is 0.472. The van der Waals surface area contributed by atoms with E-state index in [9.17, 15) is 23.5 Å². The molecule has 9 N–H and O–H groups in total. The zero-order chi connectivity index (χ0) is 24.7. The maximum Gasteiger partial charge on any atom is 0.470 e. The van der Waals surface area contributed by atoms with Crippen LogP contribution in [0.5, 0.6) is 0 Å². The van der Waals surface area contributed by atoms with E-state index in [-0.39, 0.29) is 0 Å². The molecule has 0 spiro atoms. The van der Waals surface area contributed by atoms with Gasteiger partial charge in [-0.2, -0.15) is 0 Å². The molecule has 0 heterocycles. The van der Waals surface area contributed by atoms with Crippen molar-refractivity contribution in [3.8, 4) is 0 Å². The van der Waals surface area contributed by atoms with Gasteiger partial charge in [0.25, 0.3) is 0 Å². The summed E-state index contributed by atoms with van der Waals surface area (Å²) in [4.78, 5) is 62.9. The van der Waals surface area contributed by atoms with Crippen molar-refractivity contribution in [2.45, 2.75) is 38.3 Å². The topological polar surface area (TPSA) is 286 Å². The summed E-state index contributed by atoms with van der Waals surface area (Å²) in [5.74, 6) is -1.91.